The van der Waals surface area contributed by atoms with Crippen LogP contribution < -0.4 is 5.43 Å². The summed E-state index contributed by atoms with van der Waals surface area (Å²) >= 11 is 0. The zero-order valence-electron chi connectivity index (χ0n) is 8.53. The van der Waals surface area contributed by atoms with Crippen LogP contribution in [0.3, 0.4) is 0 Å². The highest BCUT2D eigenvalue weighted by Gasteiger charge is 2.23. The lowest BCUT2D eigenvalue weighted by atomic mass is 10.0. The van der Waals surface area contributed by atoms with E-state index in [1.807, 2.05) is 5.01 Å². The Hall–Kier alpha value is -0.810. The van der Waals surface area contributed by atoms with E-state index in [9.17, 15) is 4.79 Å². The summed E-state index contributed by atoms with van der Waals surface area (Å²) in [7, 11) is 1.35. The van der Waals surface area contributed by atoms with Crippen molar-refractivity contribution in [2.75, 3.05) is 20.3 Å². The molecule has 0 aromatic rings. The zero-order valence-corrected chi connectivity index (χ0v) is 8.53. The molecule has 1 atom stereocenters. The van der Waals surface area contributed by atoms with Crippen molar-refractivity contribution in [3.63, 3.8) is 0 Å². The molecule has 82 valence electrons. The smallest absolute Gasteiger partial charge is 0.421 e. The molecule has 1 aliphatic rings. The normalized spacial score (nSPS) is 23.1. The molecule has 1 rings (SSSR count). The molecule has 1 heterocycles. The third-order valence-corrected chi connectivity index (χ3v) is 2.51. The van der Waals surface area contributed by atoms with Crippen LogP contribution in [0.4, 0.5) is 4.79 Å². The van der Waals surface area contributed by atoms with E-state index in [2.05, 4.69) is 10.2 Å². The van der Waals surface area contributed by atoms with Gasteiger partial charge in [-0.25, -0.2) is 9.80 Å². The van der Waals surface area contributed by atoms with Crippen LogP contribution in [0.2, 0.25) is 0 Å². The zero-order chi connectivity index (χ0) is 10.4. The number of aliphatic hydroxyl groups is 1. The maximum Gasteiger partial charge on any atom is 0.421 e. The number of hydrogen-bond acceptors (Lipinski definition) is 4. The number of hydrazine groups is 1. The summed E-state index contributed by atoms with van der Waals surface area (Å²) in [6.07, 6.45) is 3.51. The largest absolute Gasteiger partial charge is 0.452 e. The Labute approximate surface area is 84.0 Å². The number of ether oxygens (including phenoxy) is 1. The first-order valence-electron chi connectivity index (χ1n) is 5.00. The highest BCUT2D eigenvalue weighted by molar-refractivity contribution is 5.66. The van der Waals surface area contributed by atoms with Gasteiger partial charge in [-0.15, -0.1) is 0 Å². The highest BCUT2D eigenvalue weighted by Crippen LogP contribution is 2.17. The number of nitrogens with zero attached hydrogens (tertiary/aromatic N) is 1. The molecule has 0 saturated carbocycles. The Morgan fingerprint density at radius 1 is 1.64 bits per heavy atom. The van der Waals surface area contributed by atoms with Gasteiger partial charge in [0, 0.05) is 19.2 Å². The minimum Gasteiger partial charge on any atom is -0.452 e. The molecule has 1 saturated heterocycles. The number of hydrogen-bond donors (Lipinski definition) is 2. The number of carbonyl (C=O) groups is 1. The fraction of sp³-hybridized carbons (Fsp3) is 0.889. The maximum atomic E-state index is 11.0. The second-order valence-electron chi connectivity index (χ2n) is 3.46. The molecule has 1 aliphatic heterocycles. The van der Waals surface area contributed by atoms with Crippen molar-refractivity contribution in [3.8, 4) is 0 Å². The van der Waals surface area contributed by atoms with Gasteiger partial charge in [-0.2, -0.15) is 0 Å². The van der Waals surface area contributed by atoms with Crippen LogP contribution >= 0.6 is 0 Å². The Morgan fingerprint density at radius 3 is 3.07 bits per heavy atom. The van der Waals surface area contributed by atoms with Crippen molar-refractivity contribution in [1.29, 1.82) is 0 Å². The van der Waals surface area contributed by atoms with Crippen molar-refractivity contribution in [3.05, 3.63) is 0 Å². The number of amides is 1. The summed E-state index contributed by atoms with van der Waals surface area (Å²) < 4.78 is 4.53. The van der Waals surface area contributed by atoms with Crippen molar-refractivity contribution in [2.45, 2.75) is 31.7 Å². The second kappa shape index (κ2) is 5.82. The molecule has 0 radical (unpaired) electrons. The van der Waals surface area contributed by atoms with Crippen LogP contribution in [0.5, 0.6) is 0 Å². The quantitative estimate of drug-likeness (QED) is 0.699. The first-order chi connectivity index (χ1) is 6.77. The fourth-order valence-electron chi connectivity index (χ4n) is 1.76. The second-order valence-corrected chi connectivity index (χ2v) is 3.46. The van der Waals surface area contributed by atoms with Crippen LogP contribution in [0.1, 0.15) is 25.7 Å². The SMILES string of the molecule is COC(=O)NN1CCCCC1CCO. The van der Waals surface area contributed by atoms with Crippen LogP contribution in [0.25, 0.3) is 0 Å². The molecule has 1 fully saturated rings. The van der Waals surface area contributed by atoms with Gasteiger partial charge in [0.15, 0.2) is 0 Å². The third-order valence-electron chi connectivity index (χ3n) is 2.51. The minimum atomic E-state index is -0.435. The monoisotopic (exact) mass is 202 g/mol. The van der Waals surface area contributed by atoms with Gasteiger partial charge in [0.05, 0.1) is 7.11 Å². The van der Waals surface area contributed by atoms with Crippen LogP contribution in [0.15, 0.2) is 0 Å². The van der Waals surface area contributed by atoms with Crippen molar-refractivity contribution in [2.24, 2.45) is 0 Å². The molecule has 0 aromatic carbocycles. The Balaban J connectivity index is 2.41. The number of rotatable bonds is 3. The minimum absolute atomic E-state index is 0.157. The van der Waals surface area contributed by atoms with E-state index in [1.54, 1.807) is 0 Å². The van der Waals surface area contributed by atoms with Gasteiger partial charge in [-0.3, -0.25) is 5.43 Å². The van der Waals surface area contributed by atoms with Crippen molar-refractivity contribution < 1.29 is 14.6 Å². The Bertz CT molecular complexity index is 185. The molecule has 1 amide bonds. The van der Waals surface area contributed by atoms with Gasteiger partial charge in [0.2, 0.25) is 0 Å². The molecule has 5 heteroatoms. The molecular weight excluding hydrogens is 184 g/mol. The lowest BCUT2D eigenvalue weighted by Crippen LogP contribution is -2.51. The maximum absolute atomic E-state index is 11.0. The van der Waals surface area contributed by atoms with E-state index < -0.39 is 6.09 Å². The molecule has 0 aromatic heterocycles. The average molecular weight is 202 g/mol. The van der Waals surface area contributed by atoms with E-state index in [4.69, 9.17) is 5.11 Å². The van der Waals surface area contributed by atoms with Crippen LogP contribution in [-0.2, 0) is 4.74 Å². The number of piperidine rings is 1. The molecule has 1 unspecified atom stereocenters. The Morgan fingerprint density at radius 2 is 2.43 bits per heavy atom. The average Bonchev–Trinajstić information content (AvgIpc) is 2.21. The van der Waals surface area contributed by atoms with Gasteiger partial charge in [0.25, 0.3) is 0 Å². The molecule has 5 nitrogen and oxygen atoms in total. The summed E-state index contributed by atoms with van der Waals surface area (Å²) in [5, 5.41) is 10.7. The predicted molar refractivity (Wildman–Crippen MR) is 51.6 cm³/mol. The van der Waals surface area contributed by atoms with E-state index in [1.165, 1.54) is 7.11 Å². The van der Waals surface area contributed by atoms with Gasteiger partial charge in [-0.05, 0) is 19.3 Å². The predicted octanol–water partition coefficient (Wildman–Crippen LogP) is 0.494. The summed E-state index contributed by atoms with van der Waals surface area (Å²) in [4.78, 5) is 11.0. The lowest BCUT2D eigenvalue weighted by Gasteiger charge is -2.34. The molecule has 14 heavy (non-hydrogen) atoms. The first kappa shape index (κ1) is 11.3. The number of nitrogens with one attached hydrogen (secondary N) is 1. The van der Waals surface area contributed by atoms with Crippen molar-refractivity contribution >= 4 is 6.09 Å². The summed E-state index contributed by atoms with van der Waals surface area (Å²) in [5.74, 6) is 0. The summed E-state index contributed by atoms with van der Waals surface area (Å²) in [5.41, 5.74) is 2.66. The van der Waals surface area contributed by atoms with Gasteiger partial charge in [0.1, 0.15) is 0 Å². The van der Waals surface area contributed by atoms with Crippen LogP contribution in [0, 0.1) is 0 Å². The van der Waals surface area contributed by atoms with Crippen LogP contribution in [-0.4, -0.2) is 42.5 Å². The van der Waals surface area contributed by atoms with Crippen molar-refractivity contribution in [1.82, 2.24) is 10.4 Å². The fourth-order valence-corrected chi connectivity index (χ4v) is 1.76. The number of methoxy groups -OCH3 is 1. The number of aliphatic hydroxyl groups excluding tert-OH is 1. The van der Waals surface area contributed by atoms with E-state index in [0.717, 1.165) is 25.8 Å². The lowest BCUT2D eigenvalue weighted by molar-refractivity contribution is 0.0589. The molecule has 0 aliphatic carbocycles. The van der Waals surface area contributed by atoms with E-state index in [-0.39, 0.29) is 12.6 Å². The Kier molecular flexibility index (Phi) is 4.69. The summed E-state index contributed by atoms with van der Waals surface area (Å²) in [6.45, 7) is 0.990. The van der Waals surface area contributed by atoms with Gasteiger partial charge >= 0.3 is 6.09 Å². The first-order valence-corrected chi connectivity index (χ1v) is 5.00. The summed E-state index contributed by atoms with van der Waals surface area (Å²) in [6, 6.07) is 0.243. The topological polar surface area (TPSA) is 61.8 Å². The molecule has 0 spiro atoms. The molecule has 0 bridgehead atoms. The molecular formula is C9H18N2O3. The van der Waals surface area contributed by atoms with Gasteiger partial charge < -0.3 is 9.84 Å². The number of carbonyl (C=O) groups excluding carboxylic acids is 1. The third kappa shape index (κ3) is 3.16. The van der Waals surface area contributed by atoms with E-state index >= 15 is 0 Å². The van der Waals surface area contributed by atoms with Gasteiger partial charge in [-0.1, -0.05) is 6.42 Å². The van der Waals surface area contributed by atoms with E-state index in [0.29, 0.717) is 6.42 Å². The molecule has 2 N–H and O–H groups in total. The highest BCUT2D eigenvalue weighted by atomic mass is 16.5. The standard InChI is InChI=1S/C9H18N2O3/c1-14-9(13)10-11-6-3-2-4-8(11)5-7-12/h8,12H,2-7H2,1H3,(H,10,13).